The summed E-state index contributed by atoms with van der Waals surface area (Å²) in [6, 6.07) is 15.6. The average molecular weight is 551 g/mol. The Kier molecular flexibility index (Phi) is 12.0. The van der Waals surface area contributed by atoms with E-state index in [1.54, 1.807) is 11.9 Å². The molecule has 0 radical (unpaired) electrons. The van der Waals surface area contributed by atoms with Gasteiger partial charge >= 0.3 is 0 Å². The predicted molar refractivity (Wildman–Crippen MR) is 158 cm³/mol. The predicted octanol–water partition coefficient (Wildman–Crippen LogP) is 3.34. The van der Waals surface area contributed by atoms with Crippen LogP contribution >= 0.6 is 0 Å². The van der Waals surface area contributed by atoms with Gasteiger partial charge in [-0.05, 0) is 41.9 Å². The van der Waals surface area contributed by atoms with Gasteiger partial charge in [0.25, 0.3) is 0 Å². The number of fused-ring (bicyclic) bond motifs is 1. The third-order valence-electron chi connectivity index (χ3n) is 7.68. The smallest absolute Gasteiger partial charge is 0.243 e. The van der Waals surface area contributed by atoms with Crippen molar-refractivity contribution in [2.24, 2.45) is 11.8 Å². The Bertz CT molecular complexity index is 1110. The number of ether oxygens (including phenoxy) is 1. The molecule has 4 atom stereocenters. The minimum Gasteiger partial charge on any atom is -0.492 e. The molecule has 0 saturated heterocycles. The maximum absolute atomic E-state index is 13.8. The number of nitrogens with zero attached hydrogens (tertiary/aromatic N) is 1. The number of para-hydroxylation sites is 1. The molecule has 0 aromatic heterocycles. The van der Waals surface area contributed by atoms with E-state index in [-0.39, 0.29) is 29.6 Å². The van der Waals surface area contributed by atoms with Crippen LogP contribution in [0.4, 0.5) is 0 Å². The fourth-order valence-electron chi connectivity index (χ4n) is 5.21. The molecule has 0 aliphatic carbocycles. The topological polar surface area (TPSA) is 99.8 Å². The SMILES string of the molecule is CCC(C)C1NCCOc2ccccc2CCCNC(=O)C(Cc2ccccc2)NC(=O)C(C(C)C)N(C)C1=O. The average Bonchev–Trinajstić information content (AvgIpc) is 2.94. The van der Waals surface area contributed by atoms with Crippen molar-refractivity contribution in [3.8, 4) is 5.75 Å². The van der Waals surface area contributed by atoms with Gasteiger partial charge in [-0.25, -0.2) is 0 Å². The Balaban J connectivity index is 1.92. The lowest BCUT2D eigenvalue weighted by molar-refractivity contribution is -0.143. The van der Waals surface area contributed by atoms with Crippen LogP contribution < -0.4 is 20.7 Å². The van der Waals surface area contributed by atoms with E-state index in [9.17, 15) is 14.4 Å². The van der Waals surface area contributed by atoms with Crippen molar-refractivity contribution in [1.82, 2.24) is 20.9 Å². The highest BCUT2D eigenvalue weighted by molar-refractivity contribution is 5.93. The maximum atomic E-state index is 13.8. The third-order valence-corrected chi connectivity index (χ3v) is 7.68. The van der Waals surface area contributed by atoms with E-state index < -0.39 is 18.1 Å². The number of hydrogen-bond donors (Lipinski definition) is 3. The van der Waals surface area contributed by atoms with Crippen LogP contribution in [0.3, 0.4) is 0 Å². The highest BCUT2D eigenvalue weighted by atomic mass is 16.5. The minimum absolute atomic E-state index is 0.0558. The Labute approximate surface area is 239 Å². The Hall–Kier alpha value is -3.39. The Morgan fingerprint density at radius 2 is 1.65 bits per heavy atom. The first-order valence-electron chi connectivity index (χ1n) is 14.6. The molecular formula is C32H46N4O4. The summed E-state index contributed by atoms with van der Waals surface area (Å²) in [5.74, 6) is 0.00237. The molecule has 2 aromatic carbocycles. The molecule has 40 heavy (non-hydrogen) atoms. The molecule has 1 aliphatic rings. The monoisotopic (exact) mass is 550 g/mol. The molecule has 4 unspecified atom stereocenters. The number of nitrogens with one attached hydrogen (secondary N) is 3. The lowest BCUT2D eigenvalue weighted by Crippen LogP contribution is -2.59. The molecule has 1 aliphatic heterocycles. The van der Waals surface area contributed by atoms with Crippen LogP contribution in [-0.2, 0) is 27.2 Å². The number of rotatable bonds is 5. The van der Waals surface area contributed by atoms with E-state index in [0.29, 0.717) is 26.1 Å². The molecule has 0 fully saturated rings. The standard InChI is InChI=1S/C32H46N4O4/c1-6-23(4)28-32(39)36(5)29(22(2)3)31(38)35-26(21-24-13-8-7-9-14-24)30(37)34-18-12-16-25-15-10-11-17-27(25)40-20-19-33-28/h7-11,13-15,17,22-23,26,28-29,33H,6,12,16,18-21H2,1-5H3,(H,34,37)(H,35,38). The van der Waals surface area contributed by atoms with Gasteiger partial charge in [0.05, 0.1) is 6.04 Å². The summed E-state index contributed by atoms with van der Waals surface area (Å²) < 4.78 is 6.10. The molecule has 0 saturated carbocycles. The van der Waals surface area contributed by atoms with E-state index in [4.69, 9.17) is 4.74 Å². The largest absolute Gasteiger partial charge is 0.492 e. The van der Waals surface area contributed by atoms with Gasteiger partial charge in [-0.15, -0.1) is 0 Å². The lowest BCUT2D eigenvalue weighted by Gasteiger charge is -2.35. The molecule has 0 spiro atoms. The molecule has 218 valence electrons. The molecule has 8 heteroatoms. The van der Waals surface area contributed by atoms with Crippen LogP contribution in [0.25, 0.3) is 0 Å². The van der Waals surface area contributed by atoms with Crippen LogP contribution in [0.15, 0.2) is 54.6 Å². The maximum Gasteiger partial charge on any atom is 0.243 e. The summed E-state index contributed by atoms with van der Waals surface area (Å²) in [5, 5.41) is 9.40. The van der Waals surface area contributed by atoms with Gasteiger partial charge in [-0.3, -0.25) is 14.4 Å². The van der Waals surface area contributed by atoms with Crippen molar-refractivity contribution in [3.05, 3.63) is 65.7 Å². The van der Waals surface area contributed by atoms with E-state index >= 15 is 0 Å². The first kappa shape index (κ1) is 31.1. The van der Waals surface area contributed by atoms with Gasteiger partial charge in [0.15, 0.2) is 0 Å². The van der Waals surface area contributed by atoms with Crippen molar-refractivity contribution in [2.75, 3.05) is 26.7 Å². The highest BCUT2D eigenvalue weighted by Crippen LogP contribution is 2.20. The van der Waals surface area contributed by atoms with Gasteiger partial charge in [0.1, 0.15) is 24.4 Å². The summed E-state index contributed by atoms with van der Waals surface area (Å²) in [5.41, 5.74) is 2.02. The van der Waals surface area contributed by atoms with Gasteiger partial charge in [-0.2, -0.15) is 0 Å². The van der Waals surface area contributed by atoms with Crippen LogP contribution in [0.1, 0.15) is 51.7 Å². The zero-order valence-corrected chi connectivity index (χ0v) is 24.6. The van der Waals surface area contributed by atoms with Gasteiger partial charge in [0.2, 0.25) is 17.7 Å². The number of aryl methyl sites for hydroxylation is 1. The fraction of sp³-hybridized carbons (Fsp3) is 0.531. The first-order chi connectivity index (χ1) is 19.2. The number of likely N-dealkylation sites (N-methyl/N-ethyl adjacent to an activating group) is 1. The quantitative estimate of drug-likeness (QED) is 0.530. The van der Waals surface area contributed by atoms with Crippen LogP contribution in [-0.4, -0.2) is 67.5 Å². The lowest BCUT2D eigenvalue weighted by atomic mass is 9.95. The minimum atomic E-state index is -0.766. The zero-order chi connectivity index (χ0) is 29.1. The molecule has 8 nitrogen and oxygen atoms in total. The van der Waals surface area contributed by atoms with Crippen molar-refractivity contribution in [1.29, 1.82) is 0 Å². The van der Waals surface area contributed by atoms with Crippen molar-refractivity contribution in [2.45, 2.75) is 71.5 Å². The number of hydrogen-bond acceptors (Lipinski definition) is 5. The van der Waals surface area contributed by atoms with Gasteiger partial charge in [0, 0.05) is 26.6 Å². The summed E-state index contributed by atoms with van der Waals surface area (Å²) in [6.07, 6.45) is 2.64. The zero-order valence-electron chi connectivity index (χ0n) is 24.6. The third kappa shape index (κ3) is 8.55. The van der Waals surface area contributed by atoms with Gasteiger partial charge in [-0.1, -0.05) is 82.6 Å². The van der Waals surface area contributed by atoms with E-state index in [1.807, 2.05) is 75.4 Å². The highest BCUT2D eigenvalue weighted by Gasteiger charge is 2.36. The Morgan fingerprint density at radius 1 is 0.950 bits per heavy atom. The fourth-order valence-corrected chi connectivity index (χ4v) is 5.21. The summed E-state index contributed by atoms with van der Waals surface area (Å²) >= 11 is 0. The summed E-state index contributed by atoms with van der Waals surface area (Å²) in [7, 11) is 1.68. The summed E-state index contributed by atoms with van der Waals surface area (Å²) in [4.78, 5) is 42.4. The van der Waals surface area contributed by atoms with Crippen molar-refractivity contribution >= 4 is 17.7 Å². The number of carbonyl (C=O) groups excluding carboxylic acids is 3. The number of benzene rings is 2. The van der Waals surface area contributed by atoms with E-state index in [0.717, 1.165) is 36.1 Å². The molecule has 0 bridgehead atoms. The number of amides is 3. The second-order valence-corrected chi connectivity index (χ2v) is 11.1. The molecular weight excluding hydrogens is 504 g/mol. The van der Waals surface area contributed by atoms with E-state index in [2.05, 4.69) is 22.9 Å². The molecule has 3 N–H and O–H groups in total. The molecule has 3 rings (SSSR count). The van der Waals surface area contributed by atoms with E-state index in [1.165, 1.54) is 0 Å². The summed E-state index contributed by atoms with van der Waals surface area (Å²) in [6.45, 7) is 9.31. The second kappa shape index (κ2) is 15.4. The van der Waals surface area contributed by atoms with Crippen LogP contribution in [0, 0.1) is 11.8 Å². The first-order valence-corrected chi connectivity index (χ1v) is 14.6. The normalized spacial score (nSPS) is 22.8. The molecule has 1 heterocycles. The molecule has 3 amide bonds. The number of carbonyl (C=O) groups is 3. The second-order valence-electron chi connectivity index (χ2n) is 11.1. The van der Waals surface area contributed by atoms with Gasteiger partial charge < -0.3 is 25.6 Å². The van der Waals surface area contributed by atoms with Crippen LogP contribution in [0.2, 0.25) is 0 Å². The van der Waals surface area contributed by atoms with Crippen LogP contribution in [0.5, 0.6) is 5.75 Å². The Morgan fingerprint density at radius 3 is 2.35 bits per heavy atom. The van der Waals surface area contributed by atoms with Crippen molar-refractivity contribution in [3.63, 3.8) is 0 Å². The van der Waals surface area contributed by atoms with Crippen molar-refractivity contribution < 1.29 is 19.1 Å². The molecule has 2 aromatic rings.